The zero-order valence-corrected chi connectivity index (χ0v) is 36.6. The van der Waals surface area contributed by atoms with Crippen molar-refractivity contribution < 1.29 is 19.4 Å². The van der Waals surface area contributed by atoms with E-state index in [-0.39, 0.29) is 5.97 Å². The van der Waals surface area contributed by atoms with Crippen LogP contribution in [0.25, 0.3) is 0 Å². The van der Waals surface area contributed by atoms with Gasteiger partial charge >= 0.3 is 11.9 Å². The van der Waals surface area contributed by atoms with Gasteiger partial charge in [-0.1, -0.05) is 244 Å². The second-order valence-corrected chi connectivity index (χ2v) is 17.0. The first-order valence-corrected chi connectivity index (χ1v) is 24.7. The second kappa shape index (κ2) is 47.8. The molecule has 0 saturated heterocycles. The van der Waals surface area contributed by atoms with Crippen LogP contribution in [0.1, 0.15) is 289 Å². The third-order valence-corrected chi connectivity index (χ3v) is 11.4. The lowest BCUT2D eigenvalue weighted by molar-refractivity contribution is -0.144. The number of unbranched alkanes of at least 4 members (excludes halogenated alkanes) is 39. The van der Waals surface area contributed by atoms with Gasteiger partial charge in [0.05, 0.1) is 6.61 Å². The van der Waals surface area contributed by atoms with Crippen LogP contribution in [0.15, 0.2) is 12.2 Å². The molecule has 0 saturated carbocycles. The van der Waals surface area contributed by atoms with Gasteiger partial charge in [0.2, 0.25) is 0 Å². The Kier molecular flexibility index (Phi) is 46.7. The largest absolute Gasteiger partial charge is 0.481 e. The molecule has 0 fully saturated rings. The van der Waals surface area contributed by atoms with Gasteiger partial charge in [0.1, 0.15) is 0 Å². The number of rotatable bonds is 47. The maximum absolute atomic E-state index is 12.0. The topological polar surface area (TPSA) is 63.6 Å². The molecule has 0 rings (SSSR count). The van der Waals surface area contributed by atoms with Crippen molar-refractivity contribution in [1.82, 2.24) is 0 Å². The molecule has 0 aliphatic heterocycles. The molecular weight excluding hydrogens is 665 g/mol. The van der Waals surface area contributed by atoms with Crippen LogP contribution in [0.4, 0.5) is 0 Å². The van der Waals surface area contributed by atoms with E-state index in [1.165, 1.54) is 244 Å². The Morgan fingerprint density at radius 2 is 0.611 bits per heavy atom. The van der Waals surface area contributed by atoms with Gasteiger partial charge in [-0.25, -0.2) is 0 Å². The van der Waals surface area contributed by atoms with Crippen molar-refractivity contribution >= 4 is 11.9 Å². The highest BCUT2D eigenvalue weighted by Gasteiger charge is 2.03. The van der Waals surface area contributed by atoms with E-state index in [1.54, 1.807) is 0 Å². The van der Waals surface area contributed by atoms with Gasteiger partial charge in [-0.05, 0) is 44.9 Å². The van der Waals surface area contributed by atoms with E-state index in [9.17, 15) is 9.59 Å². The summed E-state index contributed by atoms with van der Waals surface area (Å²) in [6, 6.07) is 0. The molecule has 1 N–H and O–H groups in total. The first kappa shape index (κ1) is 52.7. The van der Waals surface area contributed by atoms with Gasteiger partial charge in [-0.2, -0.15) is 0 Å². The van der Waals surface area contributed by atoms with E-state index >= 15 is 0 Å². The molecule has 54 heavy (non-hydrogen) atoms. The Morgan fingerprint density at radius 1 is 0.352 bits per heavy atom. The molecule has 0 radical (unpaired) electrons. The minimum absolute atomic E-state index is 0.0172. The van der Waals surface area contributed by atoms with Crippen LogP contribution in [-0.2, 0) is 14.3 Å². The number of hydrogen-bond acceptors (Lipinski definition) is 3. The van der Waals surface area contributed by atoms with Gasteiger partial charge < -0.3 is 9.84 Å². The third kappa shape index (κ3) is 48.7. The van der Waals surface area contributed by atoms with Crippen molar-refractivity contribution in [2.75, 3.05) is 6.61 Å². The maximum atomic E-state index is 12.0. The summed E-state index contributed by atoms with van der Waals surface area (Å²) in [7, 11) is 0. The van der Waals surface area contributed by atoms with E-state index in [4.69, 9.17) is 9.84 Å². The summed E-state index contributed by atoms with van der Waals surface area (Å²) < 4.78 is 5.48. The quantitative estimate of drug-likeness (QED) is 0.0381. The molecule has 0 aliphatic rings. The standard InChI is InChI=1S/C50H96O4/c1-2-3-4-5-6-7-8-9-10-22-26-29-32-35-38-41-44-47-50(53)54-48-45-42-39-36-33-30-27-24-21-19-17-15-13-11-12-14-16-18-20-23-25-28-31-34-37-40-43-46-49(51)52/h9-10H,2-8,11-48H2,1H3,(H,51,52). The summed E-state index contributed by atoms with van der Waals surface area (Å²) >= 11 is 0. The lowest BCUT2D eigenvalue weighted by Gasteiger charge is -2.06. The molecule has 0 aromatic carbocycles. The fourth-order valence-electron chi connectivity index (χ4n) is 7.75. The fraction of sp³-hybridized carbons (Fsp3) is 0.920. The lowest BCUT2D eigenvalue weighted by atomic mass is 10.0. The van der Waals surface area contributed by atoms with Crippen molar-refractivity contribution in [1.29, 1.82) is 0 Å². The summed E-state index contributed by atoms with van der Waals surface area (Å²) in [6.07, 6.45) is 61.4. The number of aliphatic carboxylic acids is 1. The van der Waals surface area contributed by atoms with Gasteiger partial charge in [-0.15, -0.1) is 0 Å². The van der Waals surface area contributed by atoms with Crippen molar-refractivity contribution in [3.8, 4) is 0 Å². The number of carboxylic acid groups (broad SMARTS) is 1. The van der Waals surface area contributed by atoms with Gasteiger partial charge in [0.15, 0.2) is 0 Å². The summed E-state index contributed by atoms with van der Waals surface area (Å²) in [6.45, 7) is 2.90. The van der Waals surface area contributed by atoms with Gasteiger partial charge in [0, 0.05) is 12.8 Å². The van der Waals surface area contributed by atoms with Crippen LogP contribution >= 0.6 is 0 Å². The van der Waals surface area contributed by atoms with Crippen LogP contribution in [0.3, 0.4) is 0 Å². The predicted octanol–water partition coefficient (Wildman–Crippen LogP) is 17.4. The normalized spacial score (nSPS) is 11.6. The summed E-state index contributed by atoms with van der Waals surface area (Å²) in [5.74, 6) is -0.636. The molecule has 0 unspecified atom stereocenters. The minimum atomic E-state index is -0.654. The number of esters is 1. The van der Waals surface area contributed by atoms with E-state index in [2.05, 4.69) is 19.1 Å². The first-order valence-electron chi connectivity index (χ1n) is 24.7. The van der Waals surface area contributed by atoms with Crippen LogP contribution in [0.5, 0.6) is 0 Å². The molecule has 0 atom stereocenters. The molecule has 0 aliphatic carbocycles. The Labute approximate surface area is 338 Å². The van der Waals surface area contributed by atoms with Crippen LogP contribution < -0.4 is 0 Å². The number of carbonyl (C=O) groups is 2. The minimum Gasteiger partial charge on any atom is -0.481 e. The lowest BCUT2D eigenvalue weighted by Crippen LogP contribution is -2.05. The molecule has 0 amide bonds. The SMILES string of the molecule is CCCCCCCCC=CCCCCCCCCCC(=O)OCCCCCCCCCCCCCCCCCCCCCCCCCCCCCC(=O)O. The average Bonchev–Trinajstić information content (AvgIpc) is 3.16. The number of carbonyl (C=O) groups excluding carboxylic acids is 1. The smallest absolute Gasteiger partial charge is 0.305 e. The fourth-order valence-corrected chi connectivity index (χ4v) is 7.75. The average molecular weight is 761 g/mol. The van der Waals surface area contributed by atoms with Crippen molar-refractivity contribution in [3.63, 3.8) is 0 Å². The van der Waals surface area contributed by atoms with E-state index in [0.29, 0.717) is 19.4 Å². The van der Waals surface area contributed by atoms with Crippen LogP contribution in [-0.4, -0.2) is 23.7 Å². The predicted molar refractivity (Wildman–Crippen MR) is 237 cm³/mol. The Balaban J connectivity index is 3.16. The van der Waals surface area contributed by atoms with Crippen molar-refractivity contribution in [2.24, 2.45) is 0 Å². The highest BCUT2D eigenvalue weighted by Crippen LogP contribution is 2.17. The second-order valence-electron chi connectivity index (χ2n) is 17.0. The van der Waals surface area contributed by atoms with Gasteiger partial charge in [0.25, 0.3) is 0 Å². The van der Waals surface area contributed by atoms with Crippen LogP contribution in [0.2, 0.25) is 0 Å². The van der Waals surface area contributed by atoms with Gasteiger partial charge in [-0.3, -0.25) is 9.59 Å². The Hall–Kier alpha value is -1.32. The van der Waals surface area contributed by atoms with Crippen molar-refractivity contribution in [2.45, 2.75) is 289 Å². The highest BCUT2D eigenvalue weighted by molar-refractivity contribution is 5.69. The van der Waals surface area contributed by atoms with E-state index < -0.39 is 5.97 Å². The van der Waals surface area contributed by atoms with Crippen molar-refractivity contribution in [3.05, 3.63) is 12.2 Å². The monoisotopic (exact) mass is 761 g/mol. The summed E-state index contributed by atoms with van der Waals surface area (Å²) in [5.41, 5.74) is 0. The van der Waals surface area contributed by atoms with E-state index in [1.807, 2.05) is 0 Å². The molecule has 4 heteroatoms. The number of allylic oxidation sites excluding steroid dienone is 2. The number of ether oxygens (including phenoxy) is 1. The number of hydrogen-bond donors (Lipinski definition) is 1. The highest BCUT2D eigenvalue weighted by atomic mass is 16.5. The summed E-state index contributed by atoms with van der Waals surface area (Å²) in [4.78, 5) is 22.5. The number of carboxylic acids is 1. The molecule has 0 aromatic rings. The zero-order chi connectivity index (χ0) is 39.1. The first-order chi connectivity index (χ1) is 26.7. The zero-order valence-electron chi connectivity index (χ0n) is 36.6. The van der Waals surface area contributed by atoms with E-state index in [0.717, 1.165) is 25.7 Å². The Morgan fingerprint density at radius 3 is 0.926 bits per heavy atom. The molecule has 0 bridgehead atoms. The molecule has 0 aromatic heterocycles. The summed E-state index contributed by atoms with van der Waals surface area (Å²) in [5, 5.41) is 8.66. The molecule has 0 spiro atoms. The molecular formula is C50H96O4. The van der Waals surface area contributed by atoms with Crippen LogP contribution in [0, 0.1) is 0 Å². The maximum Gasteiger partial charge on any atom is 0.305 e. The molecule has 320 valence electrons. The molecule has 0 heterocycles. The third-order valence-electron chi connectivity index (χ3n) is 11.4. The Bertz CT molecular complexity index is 762. The molecule has 4 nitrogen and oxygen atoms in total.